The molecule has 0 unspecified atom stereocenters. The maximum absolute atomic E-state index is 5.51. The summed E-state index contributed by atoms with van der Waals surface area (Å²) in [5.41, 5.74) is 3.21. The Morgan fingerprint density at radius 2 is 2.47 bits per heavy atom. The van der Waals surface area contributed by atoms with E-state index in [2.05, 4.69) is 32.9 Å². The molecule has 0 radical (unpaired) electrons. The van der Waals surface area contributed by atoms with E-state index in [-0.39, 0.29) is 5.54 Å². The third-order valence-electron chi connectivity index (χ3n) is 3.20. The lowest BCUT2D eigenvalue weighted by molar-refractivity contribution is 0.00133. The molecule has 2 fully saturated rings. The quantitative estimate of drug-likeness (QED) is 0.860. The smallest absolute Gasteiger partial charge is 0.0867 e. The highest BCUT2D eigenvalue weighted by molar-refractivity contribution is 9.10. The van der Waals surface area contributed by atoms with Crippen molar-refractivity contribution in [3.8, 4) is 0 Å². The molecule has 0 bridgehead atoms. The molecule has 2 saturated heterocycles. The van der Waals surface area contributed by atoms with Crippen molar-refractivity contribution < 1.29 is 9.57 Å². The summed E-state index contributed by atoms with van der Waals surface area (Å²) >= 11 is 5.28. The monoisotopic (exact) mass is 289 g/mol. The van der Waals surface area contributed by atoms with E-state index in [9.17, 15) is 0 Å². The van der Waals surface area contributed by atoms with Crippen molar-refractivity contribution in [2.45, 2.75) is 12.0 Å². The van der Waals surface area contributed by atoms with Crippen molar-refractivity contribution in [2.24, 2.45) is 5.92 Å². The highest BCUT2D eigenvalue weighted by Gasteiger charge is 2.48. The molecule has 1 aromatic rings. The van der Waals surface area contributed by atoms with Crippen LogP contribution in [0, 0.1) is 5.92 Å². The van der Waals surface area contributed by atoms with Gasteiger partial charge in [-0.25, -0.2) is 0 Å². The first-order chi connectivity index (χ1) is 7.31. The Morgan fingerprint density at radius 1 is 1.53 bits per heavy atom. The Labute approximate surface area is 101 Å². The normalized spacial score (nSPS) is 35.4. The van der Waals surface area contributed by atoms with E-state index < -0.39 is 0 Å². The van der Waals surface area contributed by atoms with Crippen LogP contribution in [0.3, 0.4) is 0 Å². The molecule has 3 heterocycles. The zero-order valence-electron chi connectivity index (χ0n) is 8.16. The summed E-state index contributed by atoms with van der Waals surface area (Å²) in [6.07, 6.45) is 0.991. The molecule has 2 aliphatic heterocycles. The van der Waals surface area contributed by atoms with Gasteiger partial charge in [0.05, 0.1) is 18.8 Å². The van der Waals surface area contributed by atoms with Crippen molar-refractivity contribution >= 4 is 27.3 Å². The molecular formula is C10H12BrNO2S. The van der Waals surface area contributed by atoms with Crippen LogP contribution in [-0.4, -0.2) is 19.8 Å². The van der Waals surface area contributed by atoms with Crippen molar-refractivity contribution in [1.82, 2.24) is 5.48 Å². The Balaban J connectivity index is 1.99. The fourth-order valence-electron chi connectivity index (χ4n) is 2.32. The van der Waals surface area contributed by atoms with Gasteiger partial charge in [-0.2, -0.15) is 5.48 Å². The highest BCUT2D eigenvalue weighted by atomic mass is 79.9. The minimum absolute atomic E-state index is 0.00502. The van der Waals surface area contributed by atoms with Crippen LogP contribution in [0.15, 0.2) is 15.9 Å². The number of halogens is 1. The van der Waals surface area contributed by atoms with Crippen LogP contribution in [0.2, 0.25) is 0 Å². The number of hydroxylamine groups is 1. The molecule has 0 saturated carbocycles. The first-order valence-electron chi connectivity index (χ1n) is 5.02. The van der Waals surface area contributed by atoms with Crippen LogP contribution >= 0.6 is 27.3 Å². The van der Waals surface area contributed by atoms with E-state index in [1.807, 2.05) is 0 Å². The summed E-state index contributed by atoms with van der Waals surface area (Å²) in [5.74, 6) is 0.441. The first-order valence-corrected chi connectivity index (χ1v) is 6.70. The average molecular weight is 290 g/mol. The Morgan fingerprint density at radius 3 is 3.27 bits per heavy atom. The second kappa shape index (κ2) is 3.82. The molecule has 0 amide bonds. The van der Waals surface area contributed by atoms with Gasteiger partial charge >= 0.3 is 0 Å². The molecule has 3 nitrogen and oxygen atoms in total. The molecule has 2 aliphatic rings. The number of hydrogen-bond acceptors (Lipinski definition) is 4. The van der Waals surface area contributed by atoms with E-state index in [1.165, 1.54) is 4.88 Å². The minimum atomic E-state index is -0.00502. The fraction of sp³-hybridized carbons (Fsp3) is 0.600. The third-order valence-corrected chi connectivity index (χ3v) is 5.07. The van der Waals surface area contributed by atoms with Gasteiger partial charge in [0, 0.05) is 27.3 Å². The van der Waals surface area contributed by atoms with Crippen LogP contribution in [0.5, 0.6) is 0 Å². The molecule has 2 atom stereocenters. The number of ether oxygens (including phenoxy) is 1. The van der Waals surface area contributed by atoms with Crippen molar-refractivity contribution in [3.63, 3.8) is 0 Å². The van der Waals surface area contributed by atoms with E-state index >= 15 is 0 Å². The van der Waals surface area contributed by atoms with Crippen molar-refractivity contribution in [2.75, 3.05) is 19.8 Å². The van der Waals surface area contributed by atoms with Crippen LogP contribution in [0.25, 0.3) is 0 Å². The Hall–Kier alpha value is 0.0600. The second-order valence-corrected chi connectivity index (χ2v) is 5.86. The Kier molecular flexibility index (Phi) is 2.60. The molecule has 82 valence electrons. The van der Waals surface area contributed by atoms with Gasteiger partial charge in [-0.1, -0.05) is 0 Å². The van der Waals surface area contributed by atoms with E-state index in [4.69, 9.17) is 9.57 Å². The molecule has 0 spiro atoms. The molecule has 0 aromatic carbocycles. The van der Waals surface area contributed by atoms with Crippen LogP contribution in [0.4, 0.5) is 0 Å². The van der Waals surface area contributed by atoms with Gasteiger partial charge in [0.2, 0.25) is 0 Å². The van der Waals surface area contributed by atoms with E-state index in [1.54, 1.807) is 11.3 Å². The predicted octanol–water partition coefficient (Wildman–Crippen LogP) is 2.28. The Bertz CT molecular complexity index is 370. The average Bonchev–Trinajstić information content (AvgIpc) is 2.83. The molecule has 5 heteroatoms. The lowest BCUT2D eigenvalue weighted by atomic mass is 9.81. The largest absolute Gasteiger partial charge is 0.381 e. The molecule has 0 aliphatic carbocycles. The summed E-state index contributed by atoms with van der Waals surface area (Å²) in [4.78, 5) is 6.77. The zero-order valence-corrected chi connectivity index (χ0v) is 10.6. The van der Waals surface area contributed by atoms with Crippen LogP contribution in [-0.2, 0) is 15.1 Å². The highest BCUT2D eigenvalue weighted by Crippen LogP contribution is 2.43. The number of fused-ring (bicyclic) bond motifs is 1. The first kappa shape index (κ1) is 10.2. The lowest BCUT2D eigenvalue weighted by Crippen LogP contribution is -2.46. The zero-order chi connectivity index (χ0) is 10.3. The summed E-state index contributed by atoms with van der Waals surface area (Å²) < 4.78 is 6.66. The van der Waals surface area contributed by atoms with E-state index in [0.717, 1.165) is 30.7 Å². The molecule has 1 N–H and O–H groups in total. The van der Waals surface area contributed by atoms with Gasteiger partial charge in [0.1, 0.15) is 0 Å². The molecule has 3 rings (SSSR count). The summed E-state index contributed by atoms with van der Waals surface area (Å²) in [6, 6.07) is 2.19. The summed E-state index contributed by atoms with van der Waals surface area (Å²) in [5, 5.41) is 2.12. The van der Waals surface area contributed by atoms with E-state index in [0.29, 0.717) is 5.92 Å². The van der Waals surface area contributed by atoms with Gasteiger partial charge in [0.15, 0.2) is 0 Å². The van der Waals surface area contributed by atoms with Gasteiger partial charge in [-0.15, -0.1) is 11.3 Å². The van der Waals surface area contributed by atoms with Gasteiger partial charge in [-0.3, -0.25) is 0 Å². The minimum Gasteiger partial charge on any atom is -0.381 e. The summed E-state index contributed by atoms with van der Waals surface area (Å²) in [6.45, 7) is 2.35. The van der Waals surface area contributed by atoms with Gasteiger partial charge in [0.25, 0.3) is 0 Å². The van der Waals surface area contributed by atoms with Gasteiger partial charge in [-0.05, 0) is 28.4 Å². The van der Waals surface area contributed by atoms with Gasteiger partial charge < -0.3 is 9.57 Å². The standard InChI is InChI=1S/C10H12BrNO2S/c11-8-3-9(15-6-8)10-1-2-13-4-7(10)5-14-12-10/h3,6-7,12H,1-2,4-5H2/t7-,10-/m0/s1. The fourth-order valence-corrected chi connectivity index (χ4v) is 4.01. The number of hydrogen-bond donors (Lipinski definition) is 1. The molecule has 15 heavy (non-hydrogen) atoms. The number of rotatable bonds is 1. The van der Waals surface area contributed by atoms with Crippen molar-refractivity contribution in [3.05, 3.63) is 20.8 Å². The molecular weight excluding hydrogens is 278 g/mol. The summed E-state index contributed by atoms with van der Waals surface area (Å²) in [7, 11) is 0. The molecule has 1 aromatic heterocycles. The van der Waals surface area contributed by atoms with Crippen molar-refractivity contribution in [1.29, 1.82) is 0 Å². The predicted molar refractivity (Wildman–Crippen MR) is 61.7 cm³/mol. The second-order valence-electron chi connectivity index (χ2n) is 4.04. The maximum Gasteiger partial charge on any atom is 0.0867 e. The van der Waals surface area contributed by atoms with Crippen LogP contribution < -0.4 is 5.48 Å². The number of thiophene rings is 1. The lowest BCUT2D eigenvalue weighted by Gasteiger charge is -2.36. The SMILES string of the molecule is Brc1csc([C@]23CCOC[C@H]2CON3)c1. The van der Waals surface area contributed by atoms with Crippen LogP contribution in [0.1, 0.15) is 11.3 Å². The number of nitrogens with one attached hydrogen (secondary N) is 1. The maximum atomic E-state index is 5.51. The third kappa shape index (κ3) is 1.57. The topological polar surface area (TPSA) is 30.5 Å².